The Labute approximate surface area is 345 Å². The highest BCUT2D eigenvalue weighted by Crippen LogP contribution is 2.43. The van der Waals surface area contributed by atoms with Crippen LogP contribution in [0.4, 0.5) is 0 Å². The molecule has 0 aliphatic heterocycles. The van der Waals surface area contributed by atoms with Gasteiger partial charge in [0.1, 0.15) is 11.3 Å². The maximum absolute atomic E-state index is 6.92. The van der Waals surface area contributed by atoms with Crippen LogP contribution in [0.25, 0.3) is 117 Å². The highest BCUT2D eigenvalue weighted by molar-refractivity contribution is 6.16. The lowest BCUT2D eigenvalue weighted by molar-refractivity contribution is 0.666. The molecule has 0 N–H and O–H groups in total. The molecule has 0 bridgehead atoms. The van der Waals surface area contributed by atoms with Gasteiger partial charge in [0, 0.05) is 38.2 Å². The molecule has 5 nitrogen and oxygen atoms in total. The Balaban J connectivity index is 1.17. The summed E-state index contributed by atoms with van der Waals surface area (Å²) in [5.74, 6) is 1.72. The van der Waals surface area contributed by atoms with Crippen molar-refractivity contribution in [2.45, 2.75) is 0 Å². The Kier molecular flexibility index (Phi) is 7.78. The Bertz CT molecular complexity index is 3500. The first-order chi connectivity index (χ1) is 29.7. The lowest BCUT2D eigenvalue weighted by Gasteiger charge is -2.16. The number of hydrogen-bond donors (Lipinski definition) is 0. The van der Waals surface area contributed by atoms with E-state index in [2.05, 4.69) is 187 Å². The van der Waals surface area contributed by atoms with Crippen molar-refractivity contribution < 1.29 is 4.42 Å². The van der Waals surface area contributed by atoms with E-state index in [1.54, 1.807) is 0 Å². The molecule has 12 rings (SSSR count). The third-order valence-electron chi connectivity index (χ3n) is 11.6. The van der Waals surface area contributed by atoms with Crippen LogP contribution in [0.2, 0.25) is 0 Å². The van der Waals surface area contributed by atoms with E-state index < -0.39 is 0 Å². The van der Waals surface area contributed by atoms with Crippen molar-refractivity contribution in [1.82, 2.24) is 19.5 Å². The molecule has 9 aromatic carbocycles. The van der Waals surface area contributed by atoms with Gasteiger partial charge >= 0.3 is 0 Å². The van der Waals surface area contributed by atoms with Crippen molar-refractivity contribution in [2.75, 3.05) is 0 Å². The Hall–Kier alpha value is -8.15. The standard InChI is InChI=1S/C55H34N4O/c1-3-15-35(16-4-1)37-21-13-23-41(31-37)53-56-54(42-24-14-22-38(32-42)36-17-5-2-6-18-36)58-55(57-53)46-30-29-45-44-26-10-12-28-50(44)60-52(45)51(46)59-48-27-11-9-25-43(48)47-33-39-19-7-8-20-40(39)34-49(47)59/h1-34H. The molecule has 3 aromatic heterocycles. The average Bonchev–Trinajstić information content (AvgIpc) is 3.86. The van der Waals surface area contributed by atoms with Gasteiger partial charge in [0.2, 0.25) is 0 Å². The van der Waals surface area contributed by atoms with Crippen LogP contribution in [0.1, 0.15) is 0 Å². The molecule has 0 saturated heterocycles. The Morgan fingerprint density at radius 1 is 0.333 bits per heavy atom. The maximum Gasteiger partial charge on any atom is 0.166 e. The third-order valence-corrected chi connectivity index (χ3v) is 11.6. The molecule has 60 heavy (non-hydrogen) atoms. The molecule has 0 atom stereocenters. The van der Waals surface area contributed by atoms with Crippen LogP contribution < -0.4 is 0 Å². The number of hydrogen-bond acceptors (Lipinski definition) is 4. The van der Waals surface area contributed by atoms with Gasteiger partial charge in [-0.2, -0.15) is 0 Å². The fourth-order valence-corrected chi connectivity index (χ4v) is 8.76. The molecular weight excluding hydrogens is 733 g/mol. The first kappa shape index (κ1) is 33.9. The predicted molar refractivity (Wildman–Crippen MR) is 246 cm³/mol. The minimum atomic E-state index is 0.550. The van der Waals surface area contributed by atoms with Gasteiger partial charge in [0.25, 0.3) is 0 Å². The van der Waals surface area contributed by atoms with Crippen LogP contribution in [-0.4, -0.2) is 19.5 Å². The highest BCUT2D eigenvalue weighted by atomic mass is 16.3. The molecule has 0 saturated carbocycles. The van der Waals surface area contributed by atoms with Crippen molar-refractivity contribution in [1.29, 1.82) is 0 Å². The lowest BCUT2D eigenvalue weighted by Crippen LogP contribution is -2.04. The second-order valence-corrected chi connectivity index (χ2v) is 15.2. The smallest absolute Gasteiger partial charge is 0.166 e. The fraction of sp³-hybridized carbons (Fsp3) is 0. The van der Waals surface area contributed by atoms with Gasteiger partial charge in [0.05, 0.1) is 11.0 Å². The quantitative estimate of drug-likeness (QED) is 0.169. The number of furan rings is 1. The van der Waals surface area contributed by atoms with Crippen LogP contribution >= 0.6 is 0 Å². The highest BCUT2D eigenvalue weighted by Gasteiger charge is 2.25. The largest absolute Gasteiger partial charge is 0.454 e. The summed E-state index contributed by atoms with van der Waals surface area (Å²) >= 11 is 0. The van der Waals surface area contributed by atoms with E-state index in [1.807, 2.05) is 24.3 Å². The minimum absolute atomic E-state index is 0.550. The summed E-state index contributed by atoms with van der Waals surface area (Å²) in [6, 6.07) is 72.1. The molecule has 5 heteroatoms. The fourth-order valence-electron chi connectivity index (χ4n) is 8.76. The number of rotatable bonds is 6. The van der Waals surface area contributed by atoms with Crippen molar-refractivity contribution in [3.05, 3.63) is 206 Å². The molecule has 0 unspecified atom stereocenters. The second kappa shape index (κ2) is 13.8. The second-order valence-electron chi connectivity index (χ2n) is 15.2. The molecule has 280 valence electrons. The van der Waals surface area contributed by atoms with Crippen LogP contribution in [-0.2, 0) is 0 Å². The van der Waals surface area contributed by atoms with Gasteiger partial charge in [-0.05, 0) is 81.6 Å². The van der Waals surface area contributed by atoms with Crippen LogP contribution in [0.5, 0.6) is 0 Å². The first-order valence-electron chi connectivity index (χ1n) is 20.2. The zero-order chi connectivity index (χ0) is 39.6. The van der Waals surface area contributed by atoms with Gasteiger partial charge in [-0.25, -0.2) is 15.0 Å². The molecule has 3 heterocycles. The number of benzene rings is 9. The van der Waals surface area contributed by atoms with Gasteiger partial charge in [0.15, 0.2) is 23.1 Å². The zero-order valence-electron chi connectivity index (χ0n) is 32.3. The monoisotopic (exact) mass is 766 g/mol. The van der Waals surface area contributed by atoms with Crippen molar-refractivity contribution in [2.24, 2.45) is 0 Å². The summed E-state index contributed by atoms with van der Waals surface area (Å²) in [7, 11) is 0. The molecule has 12 aromatic rings. The van der Waals surface area contributed by atoms with Crippen molar-refractivity contribution >= 4 is 54.5 Å². The lowest BCUT2D eigenvalue weighted by atomic mass is 10.0. The summed E-state index contributed by atoms with van der Waals surface area (Å²) < 4.78 is 9.28. The summed E-state index contributed by atoms with van der Waals surface area (Å²) in [6.07, 6.45) is 0. The van der Waals surface area contributed by atoms with E-state index in [0.29, 0.717) is 17.5 Å². The van der Waals surface area contributed by atoms with E-state index >= 15 is 0 Å². The van der Waals surface area contributed by atoms with E-state index in [1.165, 1.54) is 5.39 Å². The number of fused-ring (bicyclic) bond motifs is 7. The summed E-state index contributed by atoms with van der Waals surface area (Å²) in [5, 5.41) is 6.75. The average molecular weight is 767 g/mol. The Morgan fingerprint density at radius 3 is 1.55 bits per heavy atom. The van der Waals surface area contributed by atoms with E-state index in [-0.39, 0.29) is 0 Å². The van der Waals surface area contributed by atoms with Crippen LogP contribution in [0, 0.1) is 0 Å². The van der Waals surface area contributed by atoms with E-state index in [0.717, 1.165) is 93.8 Å². The van der Waals surface area contributed by atoms with Gasteiger partial charge in [-0.3, -0.25) is 0 Å². The molecular formula is C55H34N4O. The maximum atomic E-state index is 6.92. The number of aromatic nitrogens is 4. The molecule has 0 spiro atoms. The number of para-hydroxylation sites is 2. The molecule has 0 amide bonds. The molecule has 0 radical (unpaired) electrons. The predicted octanol–water partition coefficient (Wildman–Crippen LogP) is 14.4. The van der Waals surface area contributed by atoms with Gasteiger partial charge < -0.3 is 8.98 Å². The topological polar surface area (TPSA) is 56.7 Å². The Morgan fingerprint density at radius 2 is 0.867 bits per heavy atom. The minimum Gasteiger partial charge on any atom is -0.454 e. The summed E-state index contributed by atoms with van der Waals surface area (Å²) in [5.41, 5.74) is 11.7. The summed E-state index contributed by atoms with van der Waals surface area (Å²) in [4.78, 5) is 16.0. The zero-order valence-corrected chi connectivity index (χ0v) is 32.3. The van der Waals surface area contributed by atoms with Crippen molar-refractivity contribution in [3.8, 4) is 62.1 Å². The van der Waals surface area contributed by atoms with Gasteiger partial charge in [-0.1, -0.05) is 158 Å². The molecule has 0 fully saturated rings. The molecule has 0 aliphatic carbocycles. The van der Waals surface area contributed by atoms with Crippen molar-refractivity contribution in [3.63, 3.8) is 0 Å². The van der Waals surface area contributed by atoms with E-state index in [9.17, 15) is 0 Å². The first-order valence-corrected chi connectivity index (χ1v) is 20.2. The molecule has 0 aliphatic rings. The van der Waals surface area contributed by atoms with Crippen LogP contribution in [0.3, 0.4) is 0 Å². The SMILES string of the molecule is c1ccc(-c2cccc(-c3nc(-c4cccc(-c5ccccc5)c4)nc(-c4ccc5c(oc6ccccc65)c4-n4c5ccccc5c5cc6ccccc6cc54)n3)c2)cc1. The normalized spacial score (nSPS) is 11.7. The van der Waals surface area contributed by atoms with Crippen LogP contribution in [0.15, 0.2) is 211 Å². The third kappa shape index (κ3) is 5.59. The van der Waals surface area contributed by atoms with E-state index in [4.69, 9.17) is 19.4 Å². The summed E-state index contributed by atoms with van der Waals surface area (Å²) in [6.45, 7) is 0. The number of nitrogens with zero attached hydrogens (tertiary/aromatic N) is 4. The van der Waals surface area contributed by atoms with Gasteiger partial charge in [-0.15, -0.1) is 0 Å².